The molecule has 3 N–H and O–H groups in total. The van der Waals surface area contributed by atoms with Crippen molar-refractivity contribution in [1.82, 2.24) is 5.32 Å². The van der Waals surface area contributed by atoms with E-state index in [0.717, 1.165) is 18.2 Å². The molecule has 1 aliphatic heterocycles. The maximum atomic E-state index is 11.6. The fourth-order valence-electron chi connectivity index (χ4n) is 3.36. The summed E-state index contributed by atoms with van der Waals surface area (Å²) >= 11 is 0. The Balaban J connectivity index is 0.00000155. The highest BCUT2D eigenvalue weighted by Crippen LogP contribution is 2.31. The molecule has 0 amide bonds. The molecular weight excluding hydrogens is 374 g/mol. The number of hydrogen-bond donors (Lipinski definition) is 3. The molecule has 0 radical (unpaired) electrons. The second-order valence-electron chi connectivity index (χ2n) is 9.50. The van der Waals surface area contributed by atoms with Gasteiger partial charge in [0.2, 0.25) is 11.7 Å². The number of nitrogens with one attached hydrogen (secondary N) is 1. The zero-order chi connectivity index (χ0) is 22.7. The molecular formula is C25H35N3O2. The number of aliphatic imine (C=N–C) groups is 2. The Morgan fingerprint density at radius 1 is 0.800 bits per heavy atom. The maximum absolute atomic E-state index is 11.6. The molecule has 1 heterocycles. The Bertz CT molecular complexity index is 915. The Morgan fingerprint density at radius 3 is 1.63 bits per heavy atom. The van der Waals surface area contributed by atoms with Crippen LogP contribution in [0, 0.1) is 0 Å². The van der Waals surface area contributed by atoms with E-state index >= 15 is 0 Å². The normalized spacial score (nSPS) is 20.3. The first kappa shape index (κ1) is 23.8. The summed E-state index contributed by atoms with van der Waals surface area (Å²) in [5.41, 5.74) is 3.37. The van der Waals surface area contributed by atoms with Gasteiger partial charge in [0.15, 0.2) is 0 Å². The van der Waals surface area contributed by atoms with Crippen molar-refractivity contribution in [3.63, 3.8) is 0 Å². The minimum Gasteiger partial charge on any atom is -0.400 e. The molecule has 1 atom stereocenters. The summed E-state index contributed by atoms with van der Waals surface area (Å²) in [6.07, 6.45) is 0. The molecule has 2 aromatic carbocycles. The molecule has 1 aliphatic rings. The van der Waals surface area contributed by atoms with Crippen LogP contribution in [0.15, 0.2) is 58.5 Å². The van der Waals surface area contributed by atoms with Crippen LogP contribution in [0.5, 0.6) is 0 Å². The fourth-order valence-corrected chi connectivity index (χ4v) is 3.36. The van der Waals surface area contributed by atoms with E-state index in [-0.39, 0.29) is 10.8 Å². The minimum absolute atomic E-state index is 0.0556. The van der Waals surface area contributed by atoms with Gasteiger partial charge >= 0.3 is 0 Å². The zero-order valence-electron chi connectivity index (χ0n) is 19.4. The van der Waals surface area contributed by atoms with Crippen LogP contribution in [0.1, 0.15) is 63.8 Å². The Hall–Kier alpha value is -2.50. The summed E-state index contributed by atoms with van der Waals surface area (Å²) in [4.78, 5) is 8.73. The second-order valence-corrected chi connectivity index (χ2v) is 9.50. The number of guanidine groups is 1. The highest BCUT2D eigenvalue weighted by Gasteiger charge is 2.42. The first-order chi connectivity index (χ1) is 13.9. The lowest BCUT2D eigenvalue weighted by Gasteiger charge is -2.27. The van der Waals surface area contributed by atoms with Crippen molar-refractivity contribution in [3.8, 4) is 0 Å². The van der Waals surface area contributed by atoms with Crippen molar-refractivity contribution >= 4 is 11.7 Å². The number of benzene rings is 2. The van der Waals surface area contributed by atoms with Crippen LogP contribution in [0.4, 0.5) is 0 Å². The van der Waals surface area contributed by atoms with Crippen LogP contribution in [0.25, 0.3) is 0 Å². The lowest BCUT2D eigenvalue weighted by atomic mass is 9.84. The maximum Gasteiger partial charge on any atom is 0.220 e. The van der Waals surface area contributed by atoms with Gasteiger partial charge in [-0.25, -0.2) is 4.99 Å². The molecule has 5 nitrogen and oxygen atoms in total. The molecule has 162 valence electrons. The van der Waals surface area contributed by atoms with Crippen molar-refractivity contribution < 1.29 is 10.2 Å². The Kier molecular flexibility index (Phi) is 6.90. The third kappa shape index (κ3) is 4.79. The van der Waals surface area contributed by atoms with Gasteiger partial charge in [0, 0.05) is 25.3 Å². The first-order valence-corrected chi connectivity index (χ1v) is 10.2. The van der Waals surface area contributed by atoms with Gasteiger partial charge in [0.25, 0.3) is 0 Å². The van der Waals surface area contributed by atoms with Gasteiger partial charge in [0.05, 0.1) is 0 Å². The van der Waals surface area contributed by atoms with E-state index in [1.54, 1.807) is 7.05 Å². The Morgan fingerprint density at radius 2 is 1.23 bits per heavy atom. The molecule has 0 saturated heterocycles. The minimum atomic E-state index is -1.41. The number of nitrogens with zero attached hydrogens (tertiary/aromatic N) is 2. The smallest absolute Gasteiger partial charge is 0.220 e. The highest BCUT2D eigenvalue weighted by atomic mass is 16.3. The van der Waals surface area contributed by atoms with Crippen molar-refractivity contribution in [2.45, 2.75) is 58.1 Å². The van der Waals surface area contributed by atoms with E-state index in [1.807, 2.05) is 24.3 Å². The molecule has 0 fully saturated rings. The molecule has 5 heteroatoms. The highest BCUT2D eigenvalue weighted by molar-refractivity contribution is 6.17. The van der Waals surface area contributed by atoms with Crippen LogP contribution in [-0.4, -0.2) is 36.0 Å². The van der Waals surface area contributed by atoms with Crippen LogP contribution in [0.2, 0.25) is 0 Å². The summed E-state index contributed by atoms with van der Waals surface area (Å²) in [5, 5.41) is 21.7. The molecule has 1 unspecified atom stereocenters. The topological polar surface area (TPSA) is 77.2 Å². The van der Waals surface area contributed by atoms with Gasteiger partial charge in [-0.15, -0.1) is 0 Å². The van der Waals surface area contributed by atoms with E-state index in [0.29, 0.717) is 11.7 Å². The quantitative estimate of drug-likeness (QED) is 0.698. The van der Waals surface area contributed by atoms with Gasteiger partial charge in [-0.2, -0.15) is 0 Å². The summed E-state index contributed by atoms with van der Waals surface area (Å²) in [6, 6.07) is 16.3. The van der Waals surface area contributed by atoms with E-state index in [9.17, 15) is 5.11 Å². The van der Waals surface area contributed by atoms with E-state index in [1.165, 1.54) is 11.1 Å². The molecule has 0 aromatic heterocycles. The molecule has 3 rings (SSSR count). The summed E-state index contributed by atoms with van der Waals surface area (Å²) in [5.74, 6) is 0.428. The summed E-state index contributed by atoms with van der Waals surface area (Å²) in [7, 11) is 2.67. The van der Waals surface area contributed by atoms with Crippen LogP contribution in [-0.2, 0) is 16.6 Å². The molecule has 0 aliphatic carbocycles. The number of aliphatic hydroxyl groups excluding tert-OH is 1. The van der Waals surface area contributed by atoms with E-state index in [2.05, 4.69) is 81.1 Å². The zero-order valence-corrected chi connectivity index (χ0v) is 19.4. The monoisotopic (exact) mass is 409 g/mol. The molecule has 0 saturated carbocycles. The lowest BCUT2D eigenvalue weighted by Crippen LogP contribution is -2.46. The number of rotatable bonds is 2. The van der Waals surface area contributed by atoms with Gasteiger partial charge < -0.3 is 15.5 Å². The average molecular weight is 410 g/mol. The van der Waals surface area contributed by atoms with Crippen molar-refractivity contribution in [2.24, 2.45) is 9.98 Å². The number of hydrogen-bond acceptors (Lipinski definition) is 3. The predicted octanol–water partition coefficient (Wildman–Crippen LogP) is 4.11. The van der Waals surface area contributed by atoms with E-state index in [4.69, 9.17) is 5.11 Å². The third-order valence-corrected chi connectivity index (χ3v) is 5.26. The SMILES string of the molecule is CN=C1N=C(c2ccc(C(C)(C)C)cc2)C(O)(c2ccc(C(C)(C)C)cc2)N1.CO. The second kappa shape index (κ2) is 8.70. The van der Waals surface area contributed by atoms with E-state index < -0.39 is 5.72 Å². The fraction of sp³-hybridized carbons (Fsp3) is 0.440. The third-order valence-electron chi connectivity index (χ3n) is 5.26. The molecule has 0 bridgehead atoms. The number of aliphatic hydroxyl groups is 2. The summed E-state index contributed by atoms with van der Waals surface area (Å²) in [6.45, 7) is 13.1. The van der Waals surface area contributed by atoms with Gasteiger partial charge in [0.1, 0.15) is 5.71 Å². The van der Waals surface area contributed by atoms with Crippen molar-refractivity contribution in [3.05, 3.63) is 70.8 Å². The van der Waals surface area contributed by atoms with Crippen molar-refractivity contribution in [1.29, 1.82) is 0 Å². The summed E-state index contributed by atoms with van der Waals surface area (Å²) < 4.78 is 0. The predicted molar refractivity (Wildman–Crippen MR) is 125 cm³/mol. The van der Waals surface area contributed by atoms with Crippen LogP contribution >= 0.6 is 0 Å². The standard InChI is InChI=1S/C24H31N3O.CH4O/c1-22(2,3)17-10-8-16(9-11-17)20-24(28,27-21(25-7)26-20)19-14-12-18(13-15-19)23(4,5)6;1-2/h8-15,28H,1-7H3,(H,25,27);2H,1H3. The largest absolute Gasteiger partial charge is 0.400 e. The van der Waals surface area contributed by atoms with Gasteiger partial charge in [-0.1, -0.05) is 90.1 Å². The Labute approximate surface area is 180 Å². The van der Waals surface area contributed by atoms with Crippen LogP contribution < -0.4 is 5.32 Å². The van der Waals surface area contributed by atoms with Gasteiger partial charge in [-0.05, 0) is 22.0 Å². The lowest BCUT2D eigenvalue weighted by molar-refractivity contribution is 0.101. The average Bonchev–Trinajstić information content (AvgIpc) is 3.06. The van der Waals surface area contributed by atoms with Gasteiger partial charge in [-0.3, -0.25) is 4.99 Å². The molecule has 2 aromatic rings. The molecule has 0 spiro atoms. The first-order valence-electron chi connectivity index (χ1n) is 10.2. The van der Waals surface area contributed by atoms with Crippen LogP contribution in [0.3, 0.4) is 0 Å². The molecule has 30 heavy (non-hydrogen) atoms. The van der Waals surface area contributed by atoms with Crippen molar-refractivity contribution in [2.75, 3.05) is 14.2 Å².